The van der Waals surface area contributed by atoms with Crippen LogP contribution in [0.3, 0.4) is 0 Å². The maximum atomic E-state index is 12.6. The van der Waals surface area contributed by atoms with Gasteiger partial charge in [0.05, 0.1) is 5.56 Å². The number of hydrogen-bond donors (Lipinski definition) is 2. The van der Waals surface area contributed by atoms with E-state index in [-0.39, 0.29) is 11.4 Å². The predicted molar refractivity (Wildman–Crippen MR) is 76.5 cm³/mol. The van der Waals surface area contributed by atoms with Gasteiger partial charge in [0, 0.05) is 11.4 Å². The van der Waals surface area contributed by atoms with E-state index >= 15 is 0 Å². The topological polar surface area (TPSA) is 57.8 Å². The summed E-state index contributed by atoms with van der Waals surface area (Å²) in [7, 11) is 0. The summed E-state index contributed by atoms with van der Waals surface area (Å²) in [6.07, 6.45) is -3.71. The van der Waals surface area contributed by atoms with Crippen molar-refractivity contribution in [2.24, 2.45) is 5.92 Å². The molecular weight excluding hydrogens is 295 g/mol. The molecule has 0 aliphatic heterocycles. The number of hydrogen-bond acceptors (Lipinski definition) is 2. The molecule has 2 aromatic rings. The fraction of sp³-hybridized carbons (Fsp3) is 0.333. The minimum Gasteiger partial charge on any atom is -0.321 e. The van der Waals surface area contributed by atoms with Gasteiger partial charge in [-0.3, -0.25) is 9.89 Å². The van der Waals surface area contributed by atoms with Gasteiger partial charge < -0.3 is 5.32 Å². The molecule has 0 fully saturated rings. The Labute approximate surface area is 125 Å². The van der Waals surface area contributed by atoms with E-state index < -0.39 is 17.6 Å². The number of carbonyl (C=O) groups is 1. The first-order valence-electron chi connectivity index (χ1n) is 6.78. The third-order valence-electron chi connectivity index (χ3n) is 2.94. The van der Waals surface area contributed by atoms with Crippen molar-refractivity contribution in [3.05, 3.63) is 47.3 Å². The molecule has 0 radical (unpaired) electrons. The number of H-pyrrole nitrogens is 1. The second-order valence-electron chi connectivity index (χ2n) is 5.41. The van der Waals surface area contributed by atoms with Gasteiger partial charge in [-0.05, 0) is 36.6 Å². The average molecular weight is 311 g/mol. The first kappa shape index (κ1) is 16.1. The Balaban J connectivity index is 2.10. The Morgan fingerprint density at radius 3 is 2.68 bits per heavy atom. The molecule has 2 N–H and O–H groups in total. The van der Waals surface area contributed by atoms with Crippen LogP contribution in [0.25, 0.3) is 0 Å². The number of nitrogens with one attached hydrogen (secondary N) is 2. The smallest absolute Gasteiger partial charge is 0.321 e. The third kappa shape index (κ3) is 4.09. The molecule has 0 aliphatic carbocycles. The van der Waals surface area contributed by atoms with Gasteiger partial charge in [-0.25, -0.2) is 0 Å². The Bertz CT molecular complexity index is 662. The van der Waals surface area contributed by atoms with Gasteiger partial charge in [-0.1, -0.05) is 19.9 Å². The summed E-state index contributed by atoms with van der Waals surface area (Å²) >= 11 is 0. The molecule has 2 rings (SSSR count). The Morgan fingerprint density at radius 1 is 1.32 bits per heavy atom. The summed E-state index contributed by atoms with van der Waals surface area (Å²) in [5, 5.41) is 9.04. The number of anilines is 1. The lowest BCUT2D eigenvalue weighted by Crippen LogP contribution is -2.13. The molecule has 0 spiro atoms. The zero-order valence-electron chi connectivity index (χ0n) is 12.2. The van der Waals surface area contributed by atoms with Gasteiger partial charge in [-0.2, -0.15) is 18.3 Å². The second kappa shape index (κ2) is 6.21. The molecular formula is C15H16F3N3O. The number of amides is 1. The molecule has 4 nitrogen and oxygen atoms in total. The predicted octanol–water partition coefficient (Wildman–Crippen LogP) is 3.88. The standard InChI is InChI=1S/C15H16F3N3O/c1-9(2)6-12-8-13(21-20-12)14(22)19-11-5-3-4-10(7-11)15(16,17)18/h3-5,7-9H,6H2,1-2H3,(H,19,22)(H,20,21). The van der Waals surface area contributed by atoms with Crippen molar-refractivity contribution in [2.45, 2.75) is 26.4 Å². The van der Waals surface area contributed by atoms with Crippen LogP contribution in [0.5, 0.6) is 0 Å². The highest BCUT2D eigenvalue weighted by Gasteiger charge is 2.30. The van der Waals surface area contributed by atoms with Crippen LogP contribution < -0.4 is 5.32 Å². The molecule has 0 saturated heterocycles. The number of rotatable bonds is 4. The summed E-state index contributed by atoms with van der Waals surface area (Å²) in [6.45, 7) is 4.06. The first-order chi connectivity index (χ1) is 10.3. The molecule has 0 aliphatic rings. The Hall–Kier alpha value is -2.31. The quantitative estimate of drug-likeness (QED) is 0.900. The van der Waals surface area contributed by atoms with E-state index in [2.05, 4.69) is 15.5 Å². The maximum absolute atomic E-state index is 12.6. The molecule has 22 heavy (non-hydrogen) atoms. The normalized spacial score (nSPS) is 11.7. The van der Waals surface area contributed by atoms with Crippen LogP contribution in [0.15, 0.2) is 30.3 Å². The second-order valence-corrected chi connectivity index (χ2v) is 5.41. The summed E-state index contributed by atoms with van der Waals surface area (Å²) in [5.74, 6) is -0.148. The number of alkyl halides is 3. The van der Waals surface area contributed by atoms with Crippen LogP contribution in [-0.2, 0) is 12.6 Å². The highest BCUT2D eigenvalue weighted by molar-refractivity contribution is 6.02. The van der Waals surface area contributed by atoms with E-state index in [4.69, 9.17) is 0 Å². The largest absolute Gasteiger partial charge is 0.416 e. The van der Waals surface area contributed by atoms with E-state index in [1.807, 2.05) is 13.8 Å². The fourth-order valence-electron chi connectivity index (χ4n) is 1.99. The number of carbonyl (C=O) groups excluding carboxylic acids is 1. The maximum Gasteiger partial charge on any atom is 0.416 e. The lowest BCUT2D eigenvalue weighted by atomic mass is 10.1. The van der Waals surface area contributed by atoms with Crippen LogP contribution in [0.2, 0.25) is 0 Å². The van der Waals surface area contributed by atoms with Crippen molar-refractivity contribution in [1.29, 1.82) is 0 Å². The summed E-state index contributed by atoms with van der Waals surface area (Å²) < 4.78 is 37.9. The molecule has 1 heterocycles. The molecule has 0 saturated carbocycles. The Kier molecular flexibility index (Phi) is 4.54. The van der Waals surface area contributed by atoms with Crippen molar-refractivity contribution < 1.29 is 18.0 Å². The highest BCUT2D eigenvalue weighted by Crippen LogP contribution is 2.30. The lowest BCUT2D eigenvalue weighted by Gasteiger charge is -2.09. The number of nitrogens with zero attached hydrogens (tertiary/aromatic N) is 1. The van der Waals surface area contributed by atoms with Crippen LogP contribution in [-0.4, -0.2) is 16.1 Å². The van der Waals surface area contributed by atoms with Crippen LogP contribution in [0.4, 0.5) is 18.9 Å². The SMILES string of the molecule is CC(C)Cc1cc(C(=O)Nc2cccc(C(F)(F)F)c2)n[nH]1. The minimum atomic E-state index is -4.45. The van der Waals surface area contributed by atoms with Crippen molar-refractivity contribution in [2.75, 3.05) is 5.32 Å². The molecule has 0 atom stereocenters. The summed E-state index contributed by atoms with van der Waals surface area (Å²) in [6, 6.07) is 6.08. The van der Waals surface area contributed by atoms with E-state index in [1.165, 1.54) is 12.1 Å². The van der Waals surface area contributed by atoms with Crippen molar-refractivity contribution in [3.63, 3.8) is 0 Å². The zero-order chi connectivity index (χ0) is 16.3. The van der Waals surface area contributed by atoms with Gasteiger partial charge in [-0.15, -0.1) is 0 Å². The number of benzene rings is 1. The van der Waals surface area contributed by atoms with Crippen LogP contribution in [0.1, 0.15) is 35.6 Å². The van der Waals surface area contributed by atoms with Crippen molar-refractivity contribution in [1.82, 2.24) is 10.2 Å². The molecule has 0 bridgehead atoms. The van der Waals surface area contributed by atoms with Gasteiger partial charge >= 0.3 is 6.18 Å². The summed E-state index contributed by atoms with van der Waals surface area (Å²) in [5.41, 5.74) is 0.221. The zero-order valence-corrected chi connectivity index (χ0v) is 12.2. The average Bonchev–Trinajstić information content (AvgIpc) is 2.86. The third-order valence-corrected chi connectivity index (χ3v) is 2.94. The van der Waals surface area contributed by atoms with Gasteiger partial charge in [0.25, 0.3) is 5.91 Å². The van der Waals surface area contributed by atoms with Gasteiger partial charge in [0.15, 0.2) is 5.69 Å². The van der Waals surface area contributed by atoms with Gasteiger partial charge in [0.2, 0.25) is 0 Å². The molecule has 1 amide bonds. The van der Waals surface area contributed by atoms with Crippen molar-refractivity contribution in [3.8, 4) is 0 Å². The van der Waals surface area contributed by atoms with Crippen LogP contribution in [0, 0.1) is 5.92 Å². The van der Waals surface area contributed by atoms with E-state index in [0.717, 1.165) is 24.2 Å². The number of aromatic amines is 1. The minimum absolute atomic E-state index is 0.0771. The van der Waals surface area contributed by atoms with E-state index in [9.17, 15) is 18.0 Å². The lowest BCUT2D eigenvalue weighted by molar-refractivity contribution is -0.137. The summed E-state index contributed by atoms with van der Waals surface area (Å²) in [4.78, 5) is 12.0. The fourth-order valence-corrected chi connectivity index (χ4v) is 1.99. The van der Waals surface area contributed by atoms with Crippen LogP contribution >= 0.6 is 0 Å². The molecule has 1 aromatic carbocycles. The highest BCUT2D eigenvalue weighted by atomic mass is 19.4. The monoisotopic (exact) mass is 311 g/mol. The molecule has 118 valence electrons. The number of halogens is 3. The Morgan fingerprint density at radius 2 is 2.05 bits per heavy atom. The van der Waals surface area contributed by atoms with E-state index in [1.54, 1.807) is 6.07 Å². The van der Waals surface area contributed by atoms with Crippen molar-refractivity contribution >= 4 is 11.6 Å². The molecule has 0 unspecified atom stereocenters. The van der Waals surface area contributed by atoms with E-state index in [0.29, 0.717) is 5.92 Å². The number of aromatic nitrogens is 2. The van der Waals surface area contributed by atoms with Gasteiger partial charge in [0.1, 0.15) is 0 Å². The first-order valence-corrected chi connectivity index (χ1v) is 6.78. The molecule has 1 aromatic heterocycles. The molecule has 7 heteroatoms.